The van der Waals surface area contributed by atoms with E-state index in [1.165, 1.54) is 0 Å². The molecule has 4 rings (SSSR count). The molecule has 1 aliphatic rings. The monoisotopic (exact) mass is 360 g/mol. The minimum atomic E-state index is 0.0854. The number of hydrogen-bond donors (Lipinski definition) is 0. The Balaban J connectivity index is 1.95. The van der Waals surface area contributed by atoms with E-state index < -0.39 is 0 Å². The van der Waals surface area contributed by atoms with Crippen molar-refractivity contribution in [1.29, 1.82) is 0 Å². The van der Waals surface area contributed by atoms with E-state index >= 15 is 0 Å². The molecule has 0 fully saturated rings. The van der Waals surface area contributed by atoms with Gasteiger partial charge in [0, 0.05) is 15.6 Å². The van der Waals surface area contributed by atoms with Crippen molar-refractivity contribution in [2.45, 2.75) is 0 Å². The lowest BCUT2D eigenvalue weighted by Crippen LogP contribution is -2.11. The third-order valence-corrected chi connectivity index (χ3v) is 4.63. The Labute approximate surface area is 143 Å². The van der Waals surface area contributed by atoms with Gasteiger partial charge in [-0.2, -0.15) is 0 Å². The van der Waals surface area contributed by atoms with E-state index in [1.54, 1.807) is 0 Å². The van der Waals surface area contributed by atoms with Gasteiger partial charge in [-0.05, 0) is 40.5 Å². The molecule has 0 saturated heterocycles. The van der Waals surface area contributed by atoms with Gasteiger partial charge in [0.15, 0.2) is 5.78 Å². The molecule has 110 valence electrons. The fraction of sp³-hybridized carbons (Fsp3) is 0. The number of carbonyl (C=O) groups excluding carboxylic acids is 1. The summed E-state index contributed by atoms with van der Waals surface area (Å²) < 4.78 is 1.03. The lowest BCUT2D eigenvalue weighted by atomic mass is 9.81. The van der Waals surface area contributed by atoms with E-state index in [9.17, 15) is 4.79 Å². The molecular formula is C21H13BrO. The number of halogens is 1. The average molecular weight is 361 g/mol. The molecule has 0 spiro atoms. The van der Waals surface area contributed by atoms with Crippen molar-refractivity contribution in [2.24, 2.45) is 0 Å². The number of hydrogen-bond acceptors (Lipinski definition) is 1. The zero-order chi connectivity index (χ0) is 15.8. The van der Waals surface area contributed by atoms with Gasteiger partial charge >= 0.3 is 0 Å². The van der Waals surface area contributed by atoms with Gasteiger partial charge in [0.05, 0.1) is 0 Å². The quantitative estimate of drug-likeness (QED) is 0.497. The maximum atomic E-state index is 13.0. The largest absolute Gasteiger partial charge is 0.289 e. The van der Waals surface area contributed by atoms with E-state index in [4.69, 9.17) is 0 Å². The van der Waals surface area contributed by atoms with Crippen LogP contribution in [0.25, 0.3) is 22.8 Å². The Morgan fingerprint density at radius 1 is 0.652 bits per heavy atom. The second kappa shape index (κ2) is 5.64. The number of allylic oxidation sites excluding steroid dienone is 1. The van der Waals surface area contributed by atoms with E-state index in [2.05, 4.69) is 22.0 Å². The topological polar surface area (TPSA) is 17.1 Å². The third kappa shape index (κ3) is 2.45. The fourth-order valence-electron chi connectivity index (χ4n) is 3.01. The van der Waals surface area contributed by atoms with Gasteiger partial charge in [0.2, 0.25) is 0 Å². The van der Waals surface area contributed by atoms with Crippen LogP contribution in [-0.4, -0.2) is 5.78 Å². The lowest BCUT2D eigenvalue weighted by molar-refractivity contribution is 0.105. The molecule has 0 saturated carbocycles. The summed E-state index contributed by atoms with van der Waals surface area (Å²) >= 11 is 3.44. The highest BCUT2D eigenvalue weighted by Crippen LogP contribution is 2.39. The highest BCUT2D eigenvalue weighted by molar-refractivity contribution is 9.10. The minimum Gasteiger partial charge on any atom is -0.289 e. The van der Waals surface area contributed by atoms with Crippen molar-refractivity contribution in [3.05, 3.63) is 94.0 Å². The van der Waals surface area contributed by atoms with E-state index in [1.807, 2.05) is 72.8 Å². The molecule has 0 bridgehead atoms. The number of fused-ring (bicyclic) bond motifs is 3. The Hall–Kier alpha value is -2.45. The van der Waals surface area contributed by atoms with E-state index in [0.29, 0.717) is 0 Å². The number of Topliss-reactive ketones (excluding diaryl/α,β-unsaturated/α-hetero) is 1. The molecule has 0 aromatic heterocycles. The molecule has 0 N–H and O–H groups in total. The van der Waals surface area contributed by atoms with Crippen LogP contribution in [0.1, 0.15) is 21.5 Å². The van der Waals surface area contributed by atoms with Gasteiger partial charge < -0.3 is 0 Å². The summed E-state index contributed by atoms with van der Waals surface area (Å²) in [5, 5.41) is 0. The smallest absolute Gasteiger partial charge is 0.194 e. The van der Waals surface area contributed by atoms with Gasteiger partial charge in [-0.3, -0.25) is 4.79 Å². The van der Waals surface area contributed by atoms with Crippen LogP contribution in [0, 0.1) is 0 Å². The van der Waals surface area contributed by atoms with Gasteiger partial charge in [0.1, 0.15) is 0 Å². The number of benzene rings is 3. The molecule has 2 heteroatoms. The molecule has 0 amide bonds. The molecular weight excluding hydrogens is 348 g/mol. The highest BCUT2D eigenvalue weighted by atomic mass is 79.9. The van der Waals surface area contributed by atoms with Crippen molar-refractivity contribution >= 4 is 33.4 Å². The van der Waals surface area contributed by atoms with Gasteiger partial charge in [0.25, 0.3) is 0 Å². The maximum Gasteiger partial charge on any atom is 0.194 e. The third-order valence-electron chi connectivity index (χ3n) is 4.10. The summed E-state index contributed by atoms with van der Waals surface area (Å²) in [6, 6.07) is 23.9. The first-order valence-electron chi connectivity index (χ1n) is 7.45. The van der Waals surface area contributed by atoms with Gasteiger partial charge in [-0.25, -0.2) is 0 Å². The lowest BCUT2D eigenvalue weighted by Gasteiger charge is -2.21. The maximum absolute atomic E-state index is 13.0. The molecule has 0 unspecified atom stereocenters. The Bertz CT molecular complexity index is 936. The number of carbonyl (C=O) groups is 1. The Morgan fingerprint density at radius 3 is 1.83 bits per heavy atom. The summed E-state index contributed by atoms with van der Waals surface area (Å²) in [7, 11) is 0. The summed E-state index contributed by atoms with van der Waals surface area (Å²) in [5.41, 5.74) is 5.67. The van der Waals surface area contributed by atoms with Crippen molar-refractivity contribution in [2.75, 3.05) is 0 Å². The SMILES string of the molecule is O=C1/C(=C\c2ccc(Br)cc2)c2ccccc2-c2ccccc21. The Kier molecular flexibility index (Phi) is 3.47. The van der Waals surface area contributed by atoms with Crippen molar-refractivity contribution in [1.82, 2.24) is 0 Å². The van der Waals surface area contributed by atoms with Crippen molar-refractivity contribution in [3.8, 4) is 11.1 Å². The standard InChI is InChI=1S/C21H13BrO/c22-15-11-9-14(10-12-15)13-20-18-7-2-1-5-16(18)17-6-3-4-8-19(17)21(20)23/h1-13H/b20-13-. The molecule has 1 aliphatic carbocycles. The first kappa shape index (κ1) is 14.2. The zero-order valence-electron chi connectivity index (χ0n) is 12.3. The molecule has 0 heterocycles. The zero-order valence-corrected chi connectivity index (χ0v) is 13.9. The first-order chi connectivity index (χ1) is 11.2. The minimum absolute atomic E-state index is 0.0854. The second-order valence-corrected chi connectivity index (χ2v) is 6.45. The van der Waals surface area contributed by atoms with E-state index in [-0.39, 0.29) is 5.78 Å². The van der Waals surface area contributed by atoms with E-state index in [0.717, 1.165) is 37.9 Å². The molecule has 0 aliphatic heterocycles. The van der Waals surface area contributed by atoms with Crippen LogP contribution in [0.4, 0.5) is 0 Å². The molecule has 1 nitrogen and oxygen atoms in total. The van der Waals surface area contributed by atoms with Gasteiger partial charge in [-0.15, -0.1) is 0 Å². The van der Waals surface area contributed by atoms with Crippen LogP contribution in [0.15, 0.2) is 77.3 Å². The second-order valence-electron chi connectivity index (χ2n) is 5.53. The predicted molar refractivity (Wildman–Crippen MR) is 98.2 cm³/mol. The van der Waals surface area contributed by atoms with Crippen LogP contribution < -0.4 is 0 Å². The van der Waals surface area contributed by atoms with Crippen molar-refractivity contribution < 1.29 is 4.79 Å². The molecule has 23 heavy (non-hydrogen) atoms. The molecule has 3 aromatic rings. The molecule has 0 atom stereocenters. The van der Waals surface area contributed by atoms with Gasteiger partial charge in [-0.1, -0.05) is 76.6 Å². The molecule has 3 aromatic carbocycles. The summed E-state index contributed by atoms with van der Waals surface area (Å²) in [4.78, 5) is 13.0. The average Bonchev–Trinajstić information content (AvgIpc) is 2.60. The first-order valence-corrected chi connectivity index (χ1v) is 8.24. The van der Waals surface area contributed by atoms with Crippen LogP contribution in [0.5, 0.6) is 0 Å². The fourth-order valence-corrected chi connectivity index (χ4v) is 3.27. The Morgan fingerprint density at radius 2 is 1.17 bits per heavy atom. The molecule has 0 radical (unpaired) electrons. The number of rotatable bonds is 1. The van der Waals surface area contributed by atoms with Crippen LogP contribution in [0.3, 0.4) is 0 Å². The summed E-state index contributed by atoms with van der Waals surface area (Å²) in [6.45, 7) is 0. The highest BCUT2D eigenvalue weighted by Gasteiger charge is 2.26. The summed E-state index contributed by atoms with van der Waals surface area (Å²) in [5.74, 6) is 0.0854. The summed E-state index contributed by atoms with van der Waals surface area (Å²) in [6.07, 6.45) is 1.98. The van der Waals surface area contributed by atoms with Crippen LogP contribution in [0.2, 0.25) is 0 Å². The number of ketones is 1. The van der Waals surface area contributed by atoms with Crippen LogP contribution >= 0.6 is 15.9 Å². The van der Waals surface area contributed by atoms with Crippen LogP contribution in [-0.2, 0) is 0 Å². The normalized spacial score (nSPS) is 14.5. The predicted octanol–water partition coefficient (Wildman–Crippen LogP) is 5.85. The van der Waals surface area contributed by atoms with Crippen molar-refractivity contribution in [3.63, 3.8) is 0 Å².